The van der Waals surface area contributed by atoms with Crippen LogP contribution in [-0.2, 0) is 0 Å². The van der Waals surface area contributed by atoms with Crippen molar-refractivity contribution in [3.05, 3.63) is 33.3 Å². The number of rotatable bonds is 2. The molecule has 1 saturated heterocycles. The molecule has 0 radical (unpaired) electrons. The van der Waals surface area contributed by atoms with Crippen LogP contribution in [0.1, 0.15) is 24.2 Å². The first-order valence-corrected chi connectivity index (χ1v) is 7.68. The maximum atomic E-state index is 12.4. The number of benzene rings is 1. The third-order valence-corrected chi connectivity index (χ3v) is 4.84. The van der Waals surface area contributed by atoms with E-state index in [0.29, 0.717) is 16.6 Å². The van der Waals surface area contributed by atoms with Gasteiger partial charge in [0.15, 0.2) is 0 Å². The van der Waals surface area contributed by atoms with E-state index in [1.807, 2.05) is 4.90 Å². The summed E-state index contributed by atoms with van der Waals surface area (Å²) in [4.78, 5) is 16.8. The Morgan fingerprint density at radius 1 is 1.47 bits per heavy atom. The van der Waals surface area contributed by atoms with Gasteiger partial charge in [-0.2, -0.15) is 0 Å². The van der Waals surface area contributed by atoms with Crippen molar-refractivity contribution < 1.29 is 4.79 Å². The first-order valence-electron chi connectivity index (χ1n) is 6.51. The van der Waals surface area contributed by atoms with Gasteiger partial charge in [-0.05, 0) is 47.6 Å². The van der Waals surface area contributed by atoms with Crippen LogP contribution in [0.15, 0.2) is 22.7 Å². The number of piperazine rings is 1. The molecule has 1 amide bonds. The number of halogens is 2. The lowest BCUT2D eigenvalue weighted by Gasteiger charge is -2.39. The van der Waals surface area contributed by atoms with E-state index >= 15 is 0 Å². The Balaban J connectivity index is 2.10. The van der Waals surface area contributed by atoms with E-state index in [1.54, 1.807) is 18.2 Å². The van der Waals surface area contributed by atoms with Crippen molar-refractivity contribution in [2.24, 2.45) is 0 Å². The number of nitrogens with zero attached hydrogens (tertiary/aromatic N) is 2. The van der Waals surface area contributed by atoms with Crippen LogP contribution in [0.3, 0.4) is 0 Å². The highest BCUT2D eigenvalue weighted by Gasteiger charge is 2.26. The third-order valence-electron chi connectivity index (χ3n) is 3.63. The molecule has 1 unspecified atom stereocenters. The van der Waals surface area contributed by atoms with E-state index in [1.165, 1.54) is 0 Å². The topological polar surface area (TPSA) is 23.6 Å². The quantitative estimate of drug-likeness (QED) is 0.821. The standard InChI is InChI=1S/C14H18BrClN2O/c1-3-17-6-7-18(9-10(17)2)14(19)11-4-5-13(16)12(15)8-11/h4-5,8,10H,3,6-7,9H2,1-2H3. The minimum absolute atomic E-state index is 0.0833. The number of likely N-dealkylation sites (N-methyl/N-ethyl adjacent to an activating group) is 1. The molecule has 3 nitrogen and oxygen atoms in total. The van der Waals surface area contributed by atoms with E-state index in [2.05, 4.69) is 34.7 Å². The summed E-state index contributed by atoms with van der Waals surface area (Å²) < 4.78 is 0.764. The monoisotopic (exact) mass is 344 g/mol. The van der Waals surface area contributed by atoms with Gasteiger partial charge in [-0.1, -0.05) is 18.5 Å². The van der Waals surface area contributed by atoms with Crippen LogP contribution in [-0.4, -0.2) is 47.9 Å². The van der Waals surface area contributed by atoms with E-state index in [9.17, 15) is 4.79 Å². The predicted molar refractivity (Wildman–Crippen MR) is 81.8 cm³/mol. The van der Waals surface area contributed by atoms with E-state index in [4.69, 9.17) is 11.6 Å². The zero-order valence-electron chi connectivity index (χ0n) is 11.2. The summed E-state index contributed by atoms with van der Waals surface area (Å²) in [5.41, 5.74) is 0.688. The number of amides is 1. The van der Waals surface area contributed by atoms with Gasteiger partial charge in [0.05, 0.1) is 5.02 Å². The Kier molecular flexibility index (Phi) is 4.87. The van der Waals surface area contributed by atoms with Gasteiger partial charge in [-0.15, -0.1) is 0 Å². The SMILES string of the molecule is CCN1CCN(C(=O)c2ccc(Cl)c(Br)c2)CC1C. The maximum Gasteiger partial charge on any atom is 0.253 e. The molecule has 0 N–H and O–H groups in total. The molecule has 0 spiro atoms. The van der Waals surface area contributed by atoms with Gasteiger partial charge >= 0.3 is 0 Å². The second kappa shape index (κ2) is 6.25. The van der Waals surface area contributed by atoms with Gasteiger partial charge in [-0.3, -0.25) is 9.69 Å². The molecule has 2 rings (SSSR count). The van der Waals surface area contributed by atoms with Gasteiger partial charge in [0.25, 0.3) is 5.91 Å². The van der Waals surface area contributed by atoms with Gasteiger partial charge in [0.1, 0.15) is 0 Å². The average Bonchev–Trinajstić information content (AvgIpc) is 2.41. The Morgan fingerprint density at radius 2 is 2.21 bits per heavy atom. The summed E-state index contributed by atoms with van der Waals surface area (Å²) in [6.07, 6.45) is 0. The van der Waals surface area contributed by atoms with Gasteiger partial charge in [-0.25, -0.2) is 0 Å². The molecule has 1 aliphatic rings. The Morgan fingerprint density at radius 3 is 2.79 bits per heavy atom. The largest absolute Gasteiger partial charge is 0.336 e. The fourth-order valence-corrected chi connectivity index (χ4v) is 2.96. The van der Waals surface area contributed by atoms with Gasteiger partial charge in [0, 0.05) is 35.7 Å². The minimum atomic E-state index is 0.0833. The van der Waals surface area contributed by atoms with Crippen molar-refractivity contribution in [3.63, 3.8) is 0 Å². The molecule has 0 aliphatic carbocycles. The summed E-state index contributed by atoms with van der Waals surface area (Å²) >= 11 is 9.31. The van der Waals surface area contributed by atoms with Crippen molar-refractivity contribution in [2.75, 3.05) is 26.2 Å². The highest BCUT2D eigenvalue weighted by Crippen LogP contribution is 2.24. The first-order chi connectivity index (χ1) is 9.02. The number of hydrogen-bond acceptors (Lipinski definition) is 2. The molecular weight excluding hydrogens is 328 g/mol. The highest BCUT2D eigenvalue weighted by molar-refractivity contribution is 9.10. The second-order valence-electron chi connectivity index (χ2n) is 4.86. The highest BCUT2D eigenvalue weighted by atomic mass is 79.9. The predicted octanol–water partition coefficient (Wildman–Crippen LogP) is 3.27. The van der Waals surface area contributed by atoms with Crippen molar-refractivity contribution in [1.82, 2.24) is 9.80 Å². The zero-order chi connectivity index (χ0) is 14.0. The number of hydrogen-bond donors (Lipinski definition) is 0. The van der Waals surface area contributed by atoms with Crippen molar-refractivity contribution in [3.8, 4) is 0 Å². The summed E-state index contributed by atoms with van der Waals surface area (Å²) in [7, 11) is 0. The lowest BCUT2D eigenvalue weighted by atomic mass is 10.1. The molecule has 1 aromatic rings. The third kappa shape index (κ3) is 3.30. The molecule has 19 heavy (non-hydrogen) atoms. The summed E-state index contributed by atoms with van der Waals surface area (Å²) in [5.74, 6) is 0.0833. The van der Waals surface area contributed by atoms with E-state index in [0.717, 1.165) is 30.7 Å². The summed E-state index contributed by atoms with van der Waals surface area (Å²) in [6.45, 7) is 7.88. The smallest absolute Gasteiger partial charge is 0.253 e. The summed E-state index contributed by atoms with van der Waals surface area (Å²) in [6, 6.07) is 5.75. The fourth-order valence-electron chi connectivity index (χ4n) is 2.46. The van der Waals surface area contributed by atoms with Crippen molar-refractivity contribution in [2.45, 2.75) is 19.9 Å². The molecular formula is C14H18BrClN2O. The Bertz CT molecular complexity index is 481. The summed E-state index contributed by atoms with van der Waals surface area (Å²) in [5, 5.41) is 0.626. The second-order valence-corrected chi connectivity index (χ2v) is 6.12. The fraction of sp³-hybridized carbons (Fsp3) is 0.500. The molecule has 1 aromatic carbocycles. The van der Waals surface area contributed by atoms with Crippen LogP contribution < -0.4 is 0 Å². The lowest BCUT2D eigenvalue weighted by Crippen LogP contribution is -2.53. The number of carbonyl (C=O) groups excluding carboxylic acids is 1. The van der Waals surface area contributed by atoms with Crippen molar-refractivity contribution in [1.29, 1.82) is 0 Å². The normalized spacial score (nSPS) is 20.6. The zero-order valence-corrected chi connectivity index (χ0v) is 13.5. The molecule has 0 saturated carbocycles. The Hall–Kier alpha value is -0.580. The minimum Gasteiger partial charge on any atom is -0.336 e. The molecule has 1 atom stereocenters. The van der Waals surface area contributed by atoms with E-state index < -0.39 is 0 Å². The molecule has 0 bridgehead atoms. The molecule has 0 aromatic heterocycles. The Labute approximate surface area is 127 Å². The first kappa shape index (κ1) is 14.8. The molecule has 104 valence electrons. The van der Waals surface area contributed by atoms with Gasteiger partial charge < -0.3 is 4.90 Å². The molecule has 5 heteroatoms. The molecule has 1 fully saturated rings. The van der Waals surface area contributed by atoms with Crippen LogP contribution in [0.4, 0.5) is 0 Å². The van der Waals surface area contributed by atoms with E-state index in [-0.39, 0.29) is 5.91 Å². The van der Waals surface area contributed by atoms with Crippen molar-refractivity contribution >= 4 is 33.4 Å². The lowest BCUT2D eigenvalue weighted by molar-refractivity contribution is 0.0528. The van der Waals surface area contributed by atoms with Crippen LogP contribution in [0, 0.1) is 0 Å². The number of carbonyl (C=O) groups is 1. The van der Waals surface area contributed by atoms with Crippen LogP contribution >= 0.6 is 27.5 Å². The van der Waals surface area contributed by atoms with Crippen LogP contribution in [0.2, 0.25) is 5.02 Å². The molecule has 1 heterocycles. The van der Waals surface area contributed by atoms with Crippen LogP contribution in [0.25, 0.3) is 0 Å². The van der Waals surface area contributed by atoms with Gasteiger partial charge in [0.2, 0.25) is 0 Å². The molecule has 1 aliphatic heterocycles. The average molecular weight is 346 g/mol. The van der Waals surface area contributed by atoms with Crippen LogP contribution in [0.5, 0.6) is 0 Å². The maximum absolute atomic E-state index is 12.4.